The number of esters is 1. The van der Waals surface area contributed by atoms with Gasteiger partial charge in [0.05, 0.1) is 5.69 Å². The molecule has 0 N–H and O–H groups in total. The number of hydrogen-bond donors (Lipinski definition) is 0. The molecule has 2 aromatic rings. The van der Waals surface area contributed by atoms with Crippen LogP contribution in [-0.2, 0) is 11.3 Å². The second kappa shape index (κ2) is 4.82. The Labute approximate surface area is 99.2 Å². The Morgan fingerprint density at radius 1 is 1.41 bits per heavy atom. The average Bonchev–Trinajstić information content (AvgIpc) is 2.67. The first kappa shape index (κ1) is 11.4. The Morgan fingerprint density at radius 2 is 2.24 bits per heavy atom. The molecule has 2 rings (SSSR count). The zero-order chi connectivity index (χ0) is 12.3. The van der Waals surface area contributed by atoms with Gasteiger partial charge in [-0.1, -0.05) is 6.07 Å². The van der Waals surface area contributed by atoms with Gasteiger partial charge < -0.3 is 9.15 Å². The number of aryl methyl sites for hydroxylation is 2. The first-order valence-electron chi connectivity index (χ1n) is 5.31. The molecule has 0 atom stereocenters. The molecule has 4 heteroatoms. The molecule has 0 aromatic carbocycles. The van der Waals surface area contributed by atoms with E-state index in [-0.39, 0.29) is 12.6 Å². The highest BCUT2D eigenvalue weighted by Crippen LogP contribution is 2.15. The normalized spacial score (nSPS) is 10.2. The minimum Gasteiger partial charge on any atom is -0.466 e. The lowest BCUT2D eigenvalue weighted by Gasteiger charge is -2.02. The number of hydrogen-bond acceptors (Lipinski definition) is 4. The Hall–Kier alpha value is -2.10. The number of ether oxygens (including phenoxy) is 1. The van der Waals surface area contributed by atoms with Crippen LogP contribution >= 0.6 is 0 Å². The summed E-state index contributed by atoms with van der Waals surface area (Å²) in [5.41, 5.74) is 1.19. The van der Waals surface area contributed by atoms with Gasteiger partial charge in [-0.25, -0.2) is 4.79 Å². The molecule has 0 saturated carbocycles. The smallest absolute Gasteiger partial charge is 0.342 e. The van der Waals surface area contributed by atoms with E-state index < -0.39 is 0 Å². The average molecular weight is 231 g/mol. The van der Waals surface area contributed by atoms with Gasteiger partial charge in [0.2, 0.25) is 0 Å². The first-order chi connectivity index (χ1) is 8.16. The molecule has 2 heterocycles. The summed E-state index contributed by atoms with van der Waals surface area (Å²) in [5, 5.41) is 0. The molecule has 0 fully saturated rings. The summed E-state index contributed by atoms with van der Waals surface area (Å²) in [6, 6.07) is 7.15. The SMILES string of the molecule is Cc1cc(C(=O)OCc2ccccn2)c(C)o1. The van der Waals surface area contributed by atoms with Crippen LogP contribution in [0.25, 0.3) is 0 Å². The molecular formula is C13H13NO3. The topological polar surface area (TPSA) is 52.3 Å². The molecule has 0 spiro atoms. The number of rotatable bonds is 3. The van der Waals surface area contributed by atoms with Crippen molar-refractivity contribution < 1.29 is 13.9 Å². The third-order valence-electron chi connectivity index (χ3n) is 2.34. The number of nitrogens with zero attached hydrogens (tertiary/aromatic N) is 1. The van der Waals surface area contributed by atoms with Crippen LogP contribution in [0.5, 0.6) is 0 Å². The molecular weight excluding hydrogens is 218 g/mol. The summed E-state index contributed by atoms with van der Waals surface area (Å²) in [6.07, 6.45) is 1.66. The molecule has 0 aliphatic carbocycles. The summed E-state index contributed by atoms with van der Waals surface area (Å²) in [4.78, 5) is 15.8. The fraction of sp³-hybridized carbons (Fsp3) is 0.231. The summed E-state index contributed by atoms with van der Waals surface area (Å²) >= 11 is 0. The summed E-state index contributed by atoms with van der Waals surface area (Å²) in [7, 11) is 0. The van der Waals surface area contributed by atoms with Gasteiger partial charge in [-0.15, -0.1) is 0 Å². The van der Waals surface area contributed by atoms with Gasteiger partial charge in [-0.05, 0) is 32.0 Å². The number of carbonyl (C=O) groups is 1. The molecule has 0 saturated heterocycles. The lowest BCUT2D eigenvalue weighted by Crippen LogP contribution is -2.06. The monoisotopic (exact) mass is 231 g/mol. The lowest BCUT2D eigenvalue weighted by molar-refractivity contribution is 0.0466. The number of carbonyl (C=O) groups excluding carboxylic acids is 1. The van der Waals surface area contributed by atoms with Crippen molar-refractivity contribution in [2.45, 2.75) is 20.5 Å². The molecule has 2 aromatic heterocycles. The third kappa shape index (κ3) is 2.72. The number of pyridine rings is 1. The van der Waals surface area contributed by atoms with Crippen LogP contribution < -0.4 is 0 Å². The third-order valence-corrected chi connectivity index (χ3v) is 2.34. The van der Waals surface area contributed by atoms with Crippen molar-refractivity contribution in [3.8, 4) is 0 Å². The van der Waals surface area contributed by atoms with Crippen molar-refractivity contribution in [3.05, 3.63) is 53.2 Å². The maximum absolute atomic E-state index is 11.7. The fourth-order valence-corrected chi connectivity index (χ4v) is 1.53. The van der Waals surface area contributed by atoms with Gasteiger partial charge in [0.25, 0.3) is 0 Å². The first-order valence-corrected chi connectivity index (χ1v) is 5.31. The quantitative estimate of drug-likeness (QED) is 0.762. The predicted molar refractivity (Wildman–Crippen MR) is 61.5 cm³/mol. The maximum atomic E-state index is 11.7. The molecule has 0 unspecified atom stereocenters. The molecule has 0 amide bonds. The van der Waals surface area contributed by atoms with E-state index in [4.69, 9.17) is 9.15 Å². The van der Waals surface area contributed by atoms with Crippen LogP contribution in [0.15, 0.2) is 34.9 Å². The van der Waals surface area contributed by atoms with Crippen molar-refractivity contribution >= 4 is 5.97 Å². The Bertz CT molecular complexity index is 517. The second-order valence-corrected chi connectivity index (χ2v) is 3.72. The van der Waals surface area contributed by atoms with Crippen molar-refractivity contribution in [1.29, 1.82) is 0 Å². The zero-order valence-electron chi connectivity index (χ0n) is 9.77. The van der Waals surface area contributed by atoms with Gasteiger partial charge in [0, 0.05) is 6.20 Å². The lowest BCUT2D eigenvalue weighted by atomic mass is 10.2. The molecule has 88 valence electrons. The van der Waals surface area contributed by atoms with Crippen molar-refractivity contribution in [2.24, 2.45) is 0 Å². The van der Waals surface area contributed by atoms with Crippen LogP contribution in [-0.4, -0.2) is 11.0 Å². The Balaban J connectivity index is 2.01. The van der Waals surface area contributed by atoms with E-state index in [0.29, 0.717) is 17.1 Å². The molecule has 0 bridgehead atoms. The zero-order valence-corrected chi connectivity index (χ0v) is 9.77. The van der Waals surface area contributed by atoms with Gasteiger partial charge in [0.15, 0.2) is 0 Å². The summed E-state index contributed by atoms with van der Waals surface area (Å²) in [5.74, 6) is 0.894. The molecule has 0 radical (unpaired) electrons. The minimum absolute atomic E-state index is 0.170. The van der Waals surface area contributed by atoms with Crippen LogP contribution in [0.1, 0.15) is 27.6 Å². The van der Waals surface area contributed by atoms with E-state index in [2.05, 4.69) is 4.98 Å². The minimum atomic E-state index is -0.384. The molecule has 4 nitrogen and oxygen atoms in total. The van der Waals surface area contributed by atoms with Crippen molar-refractivity contribution in [3.63, 3.8) is 0 Å². The maximum Gasteiger partial charge on any atom is 0.342 e. The summed E-state index contributed by atoms with van der Waals surface area (Å²) < 4.78 is 10.4. The summed E-state index contributed by atoms with van der Waals surface area (Å²) in [6.45, 7) is 3.70. The van der Waals surface area contributed by atoms with Crippen LogP contribution in [0.3, 0.4) is 0 Å². The molecule has 17 heavy (non-hydrogen) atoms. The van der Waals surface area contributed by atoms with Gasteiger partial charge >= 0.3 is 5.97 Å². The molecule has 0 aliphatic rings. The van der Waals surface area contributed by atoms with Crippen LogP contribution in [0, 0.1) is 13.8 Å². The van der Waals surface area contributed by atoms with E-state index in [1.165, 1.54) is 0 Å². The van der Waals surface area contributed by atoms with E-state index in [1.54, 1.807) is 32.2 Å². The Kier molecular flexibility index (Phi) is 3.23. The highest BCUT2D eigenvalue weighted by atomic mass is 16.5. The second-order valence-electron chi connectivity index (χ2n) is 3.72. The van der Waals surface area contributed by atoms with Crippen molar-refractivity contribution in [1.82, 2.24) is 4.98 Å². The van der Waals surface area contributed by atoms with E-state index in [0.717, 1.165) is 5.69 Å². The van der Waals surface area contributed by atoms with Gasteiger partial charge in [-0.3, -0.25) is 4.98 Å². The highest BCUT2D eigenvalue weighted by molar-refractivity contribution is 5.90. The Morgan fingerprint density at radius 3 is 2.82 bits per heavy atom. The fourth-order valence-electron chi connectivity index (χ4n) is 1.53. The van der Waals surface area contributed by atoms with Crippen LogP contribution in [0.2, 0.25) is 0 Å². The van der Waals surface area contributed by atoms with Crippen molar-refractivity contribution in [2.75, 3.05) is 0 Å². The van der Waals surface area contributed by atoms with Gasteiger partial charge in [-0.2, -0.15) is 0 Å². The molecule has 0 aliphatic heterocycles. The van der Waals surface area contributed by atoms with Gasteiger partial charge in [0.1, 0.15) is 23.7 Å². The van der Waals surface area contributed by atoms with E-state index in [1.807, 2.05) is 12.1 Å². The van der Waals surface area contributed by atoms with Crippen LogP contribution in [0.4, 0.5) is 0 Å². The number of aromatic nitrogens is 1. The van der Waals surface area contributed by atoms with E-state index in [9.17, 15) is 4.79 Å². The number of furan rings is 1. The standard InChI is InChI=1S/C13H13NO3/c1-9-7-12(10(2)17-9)13(15)16-8-11-5-3-4-6-14-11/h3-7H,8H2,1-2H3. The highest BCUT2D eigenvalue weighted by Gasteiger charge is 2.14. The van der Waals surface area contributed by atoms with E-state index >= 15 is 0 Å². The largest absolute Gasteiger partial charge is 0.466 e. The predicted octanol–water partition coefficient (Wildman–Crippen LogP) is 2.65.